The minimum Gasteiger partial charge on any atom is -0.313 e. The third kappa shape index (κ3) is 4.51. The lowest BCUT2D eigenvalue weighted by atomic mass is 9.82. The summed E-state index contributed by atoms with van der Waals surface area (Å²) in [7, 11) is 0. The Kier molecular flexibility index (Phi) is 5.20. The summed E-state index contributed by atoms with van der Waals surface area (Å²) in [5.74, 6) is 0. The molecule has 1 nitrogen and oxygen atoms in total. The van der Waals surface area contributed by atoms with Gasteiger partial charge in [-0.3, -0.25) is 0 Å². The Morgan fingerprint density at radius 1 is 1.18 bits per heavy atom. The minimum atomic E-state index is 0.303. The molecule has 17 heavy (non-hydrogen) atoms. The zero-order valence-corrected chi connectivity index (χ0v) is 12.0. The third-order valence-electron chi connectivity index (χ3n) is 3.37. The Morgan fingerprint density at radius 3 is 2.35 bits per heavy atom. The summed E-state index contributed by atoms with van der Waals surface area (Å²) in [5.41, 5.74) is 3.17. The molecular weight excluding hydrogens is 206 g/mol. The van der Waals surface area contributed by atoms with Gasteiger partial charge in [-0.25, -0.2) is 0 Å². The molecule has 0 saturated heterocycles. The van der Waals surface area contributed by atoms with Crippen molar-refractivity contribution in [1.29, 1.82) is 0 Å². The van der Waals surface area contributed by atoms with Crippen LogP contribution in [-0.2, 0) is 6.42 Å². The second-order valence-electron chi connectivity index (χ2n) is 6.00. The topological polar surface area (TPSA) is 12.0 Å². The Bertz CT molecular complexity index is 336. The molecule has 0 amide bonds. The highest BCUT2D eigenvalue weighted by Crippen LogP contribution is 2.23. The zero-order chi connectivity index (χ0) is 12.9. The molecule has 1 aromatic carbocycles. The Balaban J connectivity index is 2.76. The van der Waals surface area contributed by atoms with Crippen LogP contribution in [0.1, 0.15) is 45.2 Å². The molecular formula is C16H27N. The average Bonchev–Trinajstić information content (AvgIpc) is 2.25. The van der Waals surface area contributed by atoms with Gasteiger partial charge < -0.3 is 5.32 Å². The van der Waals surface area contributed by atoms with Crippen molar-refractivity contribution >= 4 is 0 Å². The van der Waals surface area contributed by atoms with Gasteiger partial charge in [0.2, 0.25) is 0 Å². The van der Waals surface area contributed by atoms with E-state index in [0.29, 0.717) is 11.5 Å². The van der Waals surface area contributed by atoms with Gasteiger partial charge in [0.05, 0.1) is 0 Å². The first-order valence-corrected chi connectivity index (χ1v) is 6.73. The molecule has 0 aliphatic carbocycles. The predicted molar refractivity (Wildman–Crippen MR) is 76.4 cm³/mol. The van der Waals surface area contributed by atoms with Gasteiger partial charge in [-0.1, -0.05) is 52.0 Å². The molecule has 96 valence electrons. The monoisotopic (exact) mass is 233 g/mol. The molecule has 1 atom stereocenters. The van der Waals surface area contributed by atoms with E-state index in [9.17, 15) is 0 Å². The van der Waals surface area contributed by atoms with Gasteiger partial charge in [-0.15, -0.1) is 0 Å². The molecule has 1 N–H and O–H groups in total. The molecule has 1 heteroatoms. The molecule has 0 spiro atoms. The van der Waals surface area contributed by atoms with E-state index in [2.05, 4.69) is 64.2 Å². The van der Waals surface area contributed by atoms with Crippen LogP contribution in [0.15, 0.2) is 24.3 Å². The van der Waals surface area contributed by atoms with Crippen molar-refractivity contribution < 1.29 is 0 Å². The highest BCUT2D eigenvalue weighted by molar-refractivity contribution is 5.26. The fraction of sp³-hybridized carbons (Fsp3) is 0.625. The first-order chi connectivity index (χ1) is 7.95. The van der Waals surface area contributed by atoms with Crippen molar-refractivity contribution in [1.82, 2.24) is 5.32 Å². The second kappa shape index (κ2) is 6.20. The zero-order valence-electron chi connectivity index (χ0n) is 12.0. The van der Waals surface area contributed by atoms with Crippen molar-refractivity contribution in [3.05, 3.63) is 35.4 Å². The Hall–Kier alpha value is -0.820. The summed E-state index contributed by atoms with van der Waals surface area (Å²) >= 11 is 0. The number of nitrogens with one attached hydrogen (secondary N) is 1. The summed E-state index contributed by atoms with van der Waals surface area (Å²) in [6, 6.07) is 9.26. The first-order valence-electron chi connectivity index (χ1n) is 6.73. The number of hydrogen-bond donors (Lipinski definition) is 1. The molecule has 0 fully saturated rings. The SMILES string of the molecule is CCCNC(Cc1ccccc1C)C(C)(C)C. The van der Waals surface area contributed by atoms with Crippen molar-refractivity contribution in [2.45, 2.75) is 53.5 Å². The van der Waals surface area contributed by atoms with Crippen LogP contribution in [-0.4, -0.2) is 12.6 Å². The van der Waals surface area contributed by atoms with Crippen molar-refractivity contribution in [2.75, 3.05) is 6.54 Å². The van der Waals surface area contributed by atoms with Crippen LogP contribution in [0.2, 0.25) is 0 Å². The lowest BCUT2D eigenvalue weighted by molar-refractivity contribution is 0.266. The number of benzene rings is 1. The predicted octanol–water partition coefficient (Wildman–Crippen LogP) is 3.95. The first kappa shape index (κ1) is 14.2. The highest BCUT2D eigenvalue weighted by Gasteiger charge is 2.24. The lowest BCUT2D eigenvalue weighted by Gasteiger charge is -2.32. The van der Waals surface area contributed by atoms with E-state index in [4.69, 9.17) is 0 Å². The van der Waals surface area contributed by atoms with Gasteiger partial charge in [-0.05, 0) is 42.9 Å². The smallest absolute Gasteiger partial charge is 0.0156 e. The van der Waals surface area contributed by atoms with Crippen LogP contribution in [0.5, 0.6) is 0 Å². The quantitative estimate of drug-likeness (QED) is 0.812. The van der Waals surface area contributed by atoms with Gasteiger partial charge >= 0.3 is 0 Å². The average molecular weight is 233 g/mol. The van der Waals surface area contributed by atoms with Gasteiger partial charge in [-0.2, -0.15) is 0 Å². The van der Waals surface area contributed by atoms with Crippen molar-refractivity contribution in [2.24, 2.45) is 5.41 Å². The van der Waals surface area contributed by atoms with E-state index in [0.717, 1.165) is 13.0 Å². The molecule has 1 rings (SSSR count). The van der Waals surface area contributed by atoms with Crippen LogP contribution in [0.3, 0.4) is 0 Å². The summed E-state index contributed by atoms with van der Waals surface area (Å²) in [6.45, 7) is 12.5. The van der Waals surface area contributed by atoms with Gasteiger partial charge in [0, 0.05) is 6.04 Å². The van der Waals surface area contributed by atoms with Crippen LogP contribution in [0.4, 0.5) is 0 Å². The molecule has 0 radical (unpaired) electrons. The molecule has 1 unspecified atom stereocenters. The number of rotatable bonds is 5. The maximum absolute atomic E-state index is 3.69. The standard InChI is InChI=1S/C16H27N/c1-6-11-17-15(16(3,4)5)12-14-10-8-7-9-13(14)2/h7-10,15,17H,6,11-12H2,1-5H3. The fourth-order valence-electron chi connectivity index (χ4n) is 2.06. The van der Waals surface area contributed by atoms with Crippen LogP contribution < -0.4 is 5.32 Å². The van der Waals surface area contributed by atoms with Gasteiger partial charge in [0.1, 0.15) is 0 Å². The summed E-state index contributed by atoms with van der Waals surface area (Å²) < 4.78 is 0. The van der Waals surface area contributed by atoms with Crippen molar-refractivity contribution in [3.8, 4) is 0 Å². The van der Waals surface area contributed by atoms with Crippen molar-refractivity contribution in [3.63, 3.8) is 0 Å². The van der Waals surface area contributed by atoms with E-state index in [1.807, 2.05) is 0 Å². The molecule has 0 aromatic heterocycles. The van der Waals surface area contributed by atoms with Crippen LogP contribution in [0.25, 0.3) is 0 Å². The second-order valence-corrected chi connectivity index (χ2v) is 6.00. The van der Waals surface area contributed by atoms with E-state index < -0.39 is 0 Å². The summed E-state index contributed by atoms with van der Waals surface area (Å²) in [4.78, 5) is 0. The third-order valence-corrected chi connectivity index (χ3v) is 3.37. The maximum atomic E-state index is 3.69. The van der Waals surface area contributed by atoms with Crippen LogP contribution >= 0.6 is 0 Å². The van der Waals surface area contributed by atoms with E-state index in [1.165, 1.54) is 17.5 Å². The maximum Gasteiger partial charge on any atom is 0.0156 e. The minimum absolute atomic E-state index is 0.303. The fourth-order valence-corrected chi connectivity index (χ4v) is 2.06. The van der Waals surface area contributed by atoms with E-state index >= 15 is 0 Å². The Morgan fingerprint density at radius 2 is 1.82 bits per heavy atom. The van der Waals surface area contributed by atoms with Gasteiger partial charge in [0.25, 0.3) is 0 Å². The highest BCUT2D eigenvalue weighted by atomic mass is 14.9. The molecule has 0 bridgehead atoms. The molecule has 0 aliphatic rings. The molecule has 0 saturated carbocycles. The Labute approximate surface area is 107 Å². The normalized spacial score (nSPS) is 13.7. The number of aryl methyl sites for hydroxylation is 1. The van der Waals surface area contributed by atoms with Gasteiger partial charge in [0.15, 0.2) is 0 Å². The summed E-state index contributed by atoms with van der Waals surface area (Å²) in [5, 5.41) is 3.69. The number of hydrogen-bond acceptors (Lipinski definition) is 1. The van der Waals surface area contributed by atoms with E-state index in [-0.39, 0.29) is 0 Å². The van der Waals surface area contributed by atoms with E-state index in [1.54, 1.807) is 0 Å². The van der Waals surface area contributed by atoms with Crippen LogP contribution in [0, 0.1) is 12.3 Å². The largest absolute Gasteiger partial charge is 0.313 e. The molecule has 1 aromatic rings. The summed E-state index contributed by atoms with van der Waals surface area (Å²) in [6.07, 6.45) is 2.32. The molecule has 0 heterocycles. The molecule has 0 aliphatic heterocycles. The lowest BCUT2D eigenvalue weighted by Crippen LogP contribution is -2.42.